The summed E-state index contributed by atoms with van der Waals surface area (Å²) < 4.78 is 0. The second kappa shape index (κ2) is 6.73. The highest BCUT2D eigenvalue weighted by molar-refractivity contribution is 5.94. The van der Waals surface area contributed by atoms with Crippen molar-refractivity contribution in [2.24, 2.45) is 11.3 Å². The summed E-state index contributed by atoms with van der Waals surface area (Å²) in [4.78, 5) is 17.4. The van der Waals surface area contributed by atoms with Gasteiger partial charge in [0.25, 0.3) is 5.91 Å². The molecule has 0 bridgehead atoms. The van der Waals surface area contributed by atoms with Crippen LogP contribution in [0.5, 0.6) is 0 Å². The predicted molar refractivity (Wildman–Crippen MR) is 98.5 cm³/mol. The zero-order chi connectivity index (χ0) is 17.4. The van der Waals surface area contributed by atoms with Crippen LogP contribution in [0.1, 0.15) is 48.0 Å². The summed E-state index contributed by atoms with van der Waals surface area (Å²) >= 11 is 0. The fourth-order valence-electron chi connectivity index (χ4n) is 5.04. The summed E-state index contributed by atoms with van der Waals surface area (Å²) in [5.74, 6) is 0.539. The monoisotopic (exact) mass is 342 g/mol. The number of carbonyl (C=O) groups is 1. The summed E-state index contributed by atoms with van der Waals surface area (Å²) in [6, 6.07) is 8.65. The third-order valence-electron chi connectivity index (χ3n) is 6.96. The van der Waals surface area contributed by atoms with Gasteiger partial charge in [-0.05, 0) is 50.2 Å². The van der Waals surface area contributed by atoms with Gasteiger partial charge in [0.1, 0.15) is 0 Å². The van der Waals surface area contributed by atoms with Crippen LogP contribution in [-0.4, -0.2) is 59.6 Å². The number of aryl methyl sites for hydroxylation is 1. The highest BCUT2D eigenvalue weighted by Crippen LogP contribution is 2.46. The standard InChI is InChI=1S/C21H30N2O2/c1-16-4-2-5-17(12-16)20(25)22-10-8-21(9-11-22)15-23(13-18(21)14-24)19-6-3-7-19/h2,4-5,12,18-19,24H,3,6-11,13-15H2,1H3. The van der Waals surface area contributed by atoms with E-state index in [0.717, 1.165) is 56.2 Å². The average Bonchev–Trinajstić information content (AvgIpc) is 2.91. The topological polar surface area (TPSA) is 43.8 Å². The molecule has 0 aromatic heterocycles. The fourth-order valence-corrected chi connectivity index (χ4v) is 5.04. The van der Waals surface area contributed by atoms with Crippen LogP contribution < -0.4 is 0 Å². The van der Waals surface area contributed by atoms with Gasteiger partial charge in [0, 0.05) is 50.3 Å². The lowest BCUT2D eigenvalue weighted by atomic mass is 9.71. The molecular formula is C21H30N2O2. The molecule has 2 aliphatic heterocycles. The van der Waals surface area contributed by atoms with Crippen molar-refractivity contribution in [1.82, 2.24) is 9.80 Å². The van der Waals surface area contributed by atoms with Crippen molar-refractivity contribution in [1.29, 1.82) is 0 Å². The number of rotatable bonds is 3. The molecule has 0 radical (unpaired) electrons. The average molecular weight is 342 g/mol. The Balaban J connectivity index is 1.42. The summed E-state index contributed by atoms with van der Waals surface area (Å²) in [6.07, 6.45) is 6.06. The van der Waals surface area contributed by atoms with Crippen molar-refractivity contribution in [2.45, 2.75) is 45.1 Å². The highest BCUT2D eigenvalue weighted by Gasteiger charge is 2.49. The maximum absolute atomic E-state index is 12.8. The molecule has 1 N–H and O–H groups in total. The Morgan fingerprint density at radius 3 is 2.64 bits per heavy atom. The van der Waals surface area contributed by atoms with E-state index >= 15 is 0 Å². The second-order valence-electron chi connectivity index (χ2n) is 8.42. The Morgan fingerprint density at radius 1 is 1.28 bits per heavy atom. The lowest BCUT2D eigenvalue weighted by Crippen LogP contribution is -2.47. The third-order valence-corrected chi connectivity index (χ3v) is 6.96. The molecule has 4 rings (SSSR count). The van der Waals surface area contributed by atoms with Gasteiger partial charge in [0.15, 0.2) is 0 Å². The van der Waals surface area contributed by atoms with Gasteiger partial charge in [0.2, 0.25) is 0 Å². The second-order valence-corrected chi connectivity index (χ2v) is 8.42. The fraction of sp³-hybridized carbons (Fsp3) is 0.667. The molecule has 3 aliphatic rings. The van der Waals surface area contributed by atoms with Gasteiger partial charge in [-0.1, -0.05) is 24.1 Å². The third kappa shape index (κ3) is 3.11. The molecule has 1 atom stereocenters. The van der Waals surface area contributed by atoms with Crippen LogP contribution in [0.3, 0.4) is 0 Å². The molecule has 4 heteroatoms. The highest BCUT2D eigenvalue weighted by atomic mass is 16.3. The smallest absolute Gasteiger partial charge is 0.253 e. The SMILES string of the molecule is Cc1cccc(C(=O)N2CCC3(CC2)CN(C2CCC2)CC3CO)c1. The summed E-state index contributed by atoms with van der Waals surface area (Å²) in [5.41, 5.74) is 2.15. The Labute approximate surface area is 150 Å². The van der Waals surface area contributed by atoms with Crippen LogP contribution in [0.2, 0.25) is 0 Å². The van der Waals surface area contributed by atoms with Crippen molar-refractivity contribution in [3.05, 3.63) is 35.4 Å². The molecule has 1 unspecified atom stereocenters. The van der Waals surface area contributed by atoms with Crippen LogP contribution in [0.4, 0.5) is 0 Å². The van der Waals surface area contributed by atoms with Crippen LogP contribution in [0.25, 0.3) is 0 Å². The van der Waals surface area contributed by atoms with Gasteiger partial charge >= 0.3 is 0 Å². The van der Waals surface area contributed by atoms with E-state index in [1.807, 2.05) is 36.1 Å². The van der Waals surface area contributed by atoms with E-state index in [1.165, 1.54) is 19.3 Å². The molecule has 1 saturated carbocycles. The predicted octanol–water partition coefficient (Wildman–Crippen LogP) is 2.69. The normalized spacial score (nSPS) is 26.8. The lowest BCUT2D eigenvalue weighted by Gasteiger charge is -2.43. The van der Waals surface area contributed by atoms with Crippen molar-refractivity contribution < 1.29 is 9.90 Å². The number of aliphatic hydroxyl groups excluding tert-OH is 1. The maximum Gasteiger partial charge on any atom is 0.253 e. The number of hydrogen-bond donors (Lipinski definition) is 1. The molecular weight excluding hydrogens is 312 g/mol. The maximum atomic E-state index is 12.8. The molecule has 1 spiro atoms. The van der Waals surface area contributed by atoms with Crippen molar-refractivity contribution in [3.8, 4) is 0 Å². The molecule has 25 heavy (non-hydrogen) atoms. The summed E-state index contributed by atoms with van der Waals surface area (Å²) in [5, 5.41) is 9.95. The zero-order valence-corrected chi connectivity index (χ0v) is 15.3. The Morgan fingerprint density at radius 2 is 2.04 bits per heavy atom. The first-order chi connectivity index (χ1) is 12.1. The van der Waals surface area contributed by atoms with Gasteiger partial charge in [-0.3, -0.25) is 9.69 Å². The van der Waals surface area contributed by atoms with Crippen LogP contribution in [-0.2, 0) is 0 Å². The largest absolute Gasteiger partial charge is 0.396 e. The van der Waals surface area contributed by atoms with Crippen LogP contribution in [0.15, 0.2) is 24.3 Å². The molecule has 2 heterocycles. The number of benzene rings is 1. The molecule has 136 valence electrons. The number of hydrogen-bond acceptors (Lipinski definition) is 3. The van der Waals surface area contributed by atoms with Crippen LogP contribution in [0, 0.1) is 18.3 Å². The van der Waals surface area contributed by atoms with Gasteiger partial charge < -0.3 is 10.0 Å². The van der Waals surface area contributed by atoms with Crippen molar-refractivity contribution >= 4 is 5.91 Å². The molecule has 1 aromatic carbocycles. The molecule has 2 saturated heterocycles. The molecule has 1 amide bonds. The molecule has 1 aromatic rings. The van der Waals surface area contributed by atoms with E-state index in [-0.39, 0.29) is 17.9 Å². The minimum Gasteiger partial charge on any atom is -0.396 e. The summed E-state index contributed by atoms with van der Waals surface area (Å²) in [7, 11) is 0. The van der Waals surface area contributed by atoms with Gasteiger partial charge in [-0.15, -0.1) is 0 Å². The van der Waals surface area contributed by atoms with E-state index in [1.54, 1.807) is 0 Å². The van der Waals surface area contributed by atoms with E-state index in [2.05, 4.69) is 4.90 Å². The summed E-state index contributed by atoms with van der Waals surface area (Å²) in [6.45, 7) is 6.13. The number of carbonyl (C=O) groups excluding carboxylic acids is 1. The van der Waals surface area contributed by atoms with E-state index < -0.39 is 0 Å². The minimum atomic E-state index is 0.160. The van der Waals surface area contributed by atoms with E-state index in [0.29, 0.717) is 5.92 Å². The quantitative estimate of drug-likeness (QED) is 0.918. The molecule has 4 nitrogen and oxygen atoms in total. The van der Waals surface area contributed by atoms with Gasteiger partial charge in [-0.2, -0.15) is 0 Å². The van der Waals surface area contributed by atoms with Crippen molar-refractivity contribution in [2.75, 3.05) is 32.8 Å². The van der Waals surface area contributed by atoms with Gasteiger partial charge in [-0.25, -0.2) is 0 Å². The number of aliphatic hydroxyl groups is 1. The first kappa shape index (κ1) is 17.0. The van der Waals surface area contributed by atoms with Gasteiger partial charge in [0.05, 0.1) is 0 Å². The number of piperidine rings is 1. The molecule has 3 fully saturated rings. The number of likely N-dealkylation sites (tertiary alicyclic amines) is 2. The van der Waals surface area contributed by atoms with E-state index in [9.17, 15) is 9.90 Å². The van der Waals surface area contributed by atoms with E-state index in [4.69, 9.17) is 0 Å². The Kier molecular flexibility index (Phi) is 4.59. The van der Waals surface area contributed by atoms with Crippen LogP contribution >= 0.6 is 0 Å². The Hall–Kier alpha value is -1.39. The zero-order valence-electron chi connectivity index (χ0n) is 15.3. The van der Waals surface area contributed by atoms with Crippen molar-refractivity contribution in [3.63, 3.8) is 0 Å². The number of amides is 1. The number of nitrogens with zero attached hydrogens (tertiary/aromatic N) is 2. The first-order valence-electron chi connectivity index (χ1n) is 9.82. The first-order valence-corrected chi connectivity index (χ1v) is 9.82. The Bertz CT molecular complexity index is 633. The lowest BCUT2D eigenvalue weighted by molar-refractivity contribution is 0.0385. The minimum absolute atomic E-state index is 0.160. The molecule has 1 aliphatic carbocycles.